The molecule has 0 spiro atoms. The summed E-state index contributed by atoms with van der Waals surface area (Å²) in [5.41, 5.74) is 0. The maximum atomic E-state index is 12.8. The molecule has 0 saturated heterocycles. The zero-order chi connectivity index (χ0) is 46.9. The van der Waals surface area contributed by atoms with Crippen LogP contribution >= 0.6 is 7.82 Å². The number of carbonyl (C=O) groups is 1. The van der Waals surface area contributed by atoms with E-state index in [1.807, 2.05) is 21.1 Å². The summed E-state index contributed by atoms with van der Waals surface area (Å²) in [6.45, 7) is 5.55. The van der Waals surface area contributed by atoms with Crippen LogP contribution in [0.2, 0.25) is 0 Å². The van der Waals surface area contributed by atoms with Crippen molar-refractivity contribution in [2.75, 3.05) is 54.1 Å². The van der Waals surface area contributed by atoms with Crippen molar-refractivity contribution in [3.05, 3.63) is 48.6 Å². The van der Waals surface area contributed by atoms with Crippen LogP contribution in [0, 0.1) is 0 Å². The average molecular weight is 923 g/mol. The third-order valence-corrected chi connectivity index (χ3v) is 12.6. The number of unbranched alkanes of at least 4 members (excludes halogenated alkanes) is 28. The van der Waals surface area contributed by atoms with Crippen LogP contribution in [0.1, 0.15) is 239 Å². The van der Waals surface area contributed by atoms with Crippen LogP contribution in [0.25, 0.3) is 0 Å². The summed E-state index contributed by atoms with van der Waals surface area (Å²) in [5, 5.41) is 0. The van der Waals surface area contributed by atoms with E-state index in [2.05, 4.69) is 62.5 Å². The molecule has 376 valence electrons. The minimum atomic E-state index is -4.28. The average Bonchev–Trinajstić information content (AvgIpc) is 3.25. The molecule has 0 bridgehead atoms. The number of ether oxygens (including phenoxy) is 2. The predicted octanol–water partition coefficient (Wildman–Crippen LogP) is 16.7. The Kier molecular flexibility index (Phi) is 46.8. The minimum Gasteiger partial charge on any atom is -0.457 e. The molecule has 0 aliphatic rings. The molecular formula is C55H105NO7P+. The molecule has 0 heterocycles. The standard InChI is InChI=1S/C55H104NO7P/c1-6-8-10-12-14-16-18-20-22-24-25-26-27-28-29-30-31-32-34-36-38-40-42-44-46-48-55(57)63-54(53-62-64(58,59)61-51-49-56(3,4)5)52-60-50-47-45-43-41-39-37-35-33-23-21-19-17-15-13-11-9-7-2/h8,10,14,16,20,22,25-26,54H,6-7,9,11-13,15,17-19,21,23-24,27-53H2,1-5H3/p+1/b10-8-,16-14-,22-20-,26-25-. The van der Waals surface area contributed by atoms with E-state index in [-0.39, 0.29) is 25.8 Å². The van der Waals surface area contributed by atoms with Gasteiger partial charge in [0.15, 0.2) is 0 Å². The Hall–Kier alpha value is -1.54. The maximum absolute atomic E-state index is 12.8. The van der Waals surface area contributed by atoms with E-state index < -0.39 is 13.9 Å². The van der Waals surface area contributed by atoms with E-state index >= 15 is 0 Å². The molecule has 0 saturated carbocycles. The Bertz CT molecular complexity index is 1160. The van der Waals surface area contributed by atoms with Crippen LogP contribution < -0.4 is 0 Å². The summed E-state index contributed by atoms with van der Waals surface area (Å²) in [4.78, 5) is 23.0. The number of rotatable bonds is 50. The number of likely N-dealkylation sites (N-methyl/N-ethyl adjacent to an activating group) is 1. The van der Waals surface area contributed by atoms with Gasteiger partial charge in [0.2, 0.25) is 0 Å². The molecule has 0 rings (SSSR count). The fourth-order valence-electron chi connectivity index (χ4n) is 7.55. The maximum Gasteiger partial charge on any atom is 0.472 e. The van der Waals surface area contributed by atoms with Gasteiger partial charge >= 0.3 is 13.8 Å². The fraction of sp³-hybridized carbons (Fsp3) is 0.836. The molecule has 0 radical (unpaired) electrons. The highest BCUT2D eigenvalue weighted by molar-refractivity contribution is 7.47. The third-order valence-electron chi connectivity index (χ3n) is 11.7. The molecule has 0 aromatic carbocycles. The van der Waals surface area contributed by atoms with Crippen LogP contribution in [-0.2, 0) is 27.9 Å². The molecule has 0 fully saturated rings. The molecule has 0 amide bonds. The largest absolute Gasteiger partial charge is 0.472 e. The van der Waals surface area contributed by atoms with Crippen LogP contribution in [-0.4, -0.2) is 75.6 Å². The normalized spacial score (nSPS) is 13.9. The van der Waals surface area contributed by atoms with Gasteiger partial charge in [0.25, 0.3) is 0 Å². The minimum absolute atomic E-state index is 0.0890. The Labute approximate surface area is 397 Å². The molecule has 1 N–H and O–H groups in total. The van der Waals surface area contributed by atoms with E-state index in [0.717, 1.165) is 57.8 Å². The molecule has 0 aliphatic carbocycles. The monoisotopic (exact) mass is 923 g/mol. The van der Waals surface area contributed by atoms with E-state index in [1.54, 1.807) is 0 Å². The SMILES string of the molecule is CC/C=C\C/C=C\C/C=C\C/C=C\CCCCCCCCCCCCCCC(=O)OC(COCCCCCCCCCCCCCCCCCCC)COP(=O)(O)OCC[N+](C)(C)C. The highest BCUT2D eigenvalue weighted by Crippen LogP contribution is 2.43. The topological polar surface area (TPSA) is 91.3 Å². The number of carbonyl (C=O) groups excluding carboxylic acids is 1. The second-order valence-electron chi connectivity index (χ2n) is 19.2. The number of phosphoric ester groups is 1. The zero-order valence-corrected chi connectivity index (χ0v) is 43.7. The van der Waals surface area contributed by atoms with E-state index in [0.29, 0.717) is 24.1 Å². The van der Waals surface area contributed by atoms with E-state index in [4.69, 9.17) is 18.5 Å². The number of phosphoric acid groups is 1. The number of nitrogens with zero attached hydrogens (tertiary/aromatic N) is 1. The first-order valence-electron chi connectivity index (χ1n) is 26.9. The van der Waals surface area contributed by atoms with Gasteiger partial charge in [-0.3, -0.25) is 13.8 Å². The summed E-state index contributed by atoms with van der Waals surface area (Å²) in [7, 11) is 1.67. The summed E-state index contributed by atoms with van der Waals surface area (Å²) in [6.07, 6.45) is 60.2. The Morgan fingerprint density at radius 2 is 0.906 bits per heavy atom. The molecule has 64 heavy (non-hydrogen) atoms. The van der Waals surface area contributed by atoms with Crippen molar-refractivity contribution >= 4 is 13.8 Å². The van der Waals surface area contributed by atoms with Crippen molar-refractivity contribution in [2.45, 2.75) is 245 Å². The van der Waals surface area contributed by atoms with Crippen molar-refractivity contribution < 1.29 is 37.3 Å². The van der Waals surface area contributed by atoms with Gasteiger partial charge in [0.1, 0.15) is 19.3 Å². The molecule has 8 nitrogen and oxygen atoms in total. The van der Waals surface area contributed by atoms with Gasteiger partial charge in [-0.15, -0.1) is 0 Å². The lowest BCUT2D eigenvalue weighted by atomic mass is 10.0. The summed E-state index contributed by atoms with van der Waals surface area (Å²) in [6, 6.07) is 0. The second kappa shape index (κ2) is 47.9. The zero-order valence-electron chi connectivity index (χ0n) is 42.8. The Balaban J connectivity index is 4.08. The van der Waals surface area contributed by atoms with Crippen molar-refractivity contribution in [3.8, 4) is 0 Å². The van der Waals surface area contributed by atoms with Gasteiger partial charge in [-0.1, -0.05) is 229 Å². The molecule has 0 aliphatic heterocycles. The van der Waals surface area contributed by atoms with E-state index in [1.165, 1.54) is 161 Å². The number of hydrogen-bond acceptors (Lipinski definition) is 6. The number of quaternary nitrogens is 1. The Morgan fingerprint density at radius 3 is 1.36 bits per heavy atom. The molecule has 2 unspecified atom stereocenters. The molecule has 0 aromatic rings. The molecular weight excluding hydrogens is 818 g/mol. The smallest absolute Gasteiger partial charge is 0.457 e. The first-order chi connectivity index (χ1) is 31.1. The predicted molar refractivity (Wildman–Crippen MR) is 275 cm³/mol. The quantitative estimate of drug-likeness (QED) is 0.0214. The van der Waals surface area contributed by atoms with Crippen molar-refractivity contribution in [2.24, 2.45) is 0 Å². The molecule has 2 atom stereocenters. The van der Waals surface area contributed by atoms with Gasteiger partial charge in [-0.2, -0.15) is 0 Å². The Morgan fingerprint density at radius 1 is 0.500 bits per heavy atom. The highest BCUT2D eigenvalue weighted by Gasteiger charge is 2.26. The second-order valence-corrected chi connectivity index (χ2v) is 20.7. The first kappa shape index (κ1) is 62.5. The molecule has 0 aromatic heterocycles. The van der Waals surface area contributed by atoms with Gasteiger partial charge in [0.05, 0.1) is 34.4 Å². The van der Waals surface area contributed by atoms with Gasteiger partial charge in [-0.05, 0) is 51.4 Å². The summed E-state index contributed by atoms with van der Waals surface area (Å²) >= 11 is 0. The number of esters is 1. The van der Waals surface area contributed by atoms with Crippen molar-refractivity contribution in [3.63, 3.8) is 0 Å². The van der Waals surface area contributed by atoms with Gasteiger partial charge in [-0.25, -0.2) is 4.57 Å². The molecule has 9 heteroatoms. The van der Waals surface area contributed by atoms with Crippen molar-refractivity contribution in [1.29, 1.82) is 0 Å². The van der Waals surface area contributed by atoms with Crippen LogP contribution in [0.15, 0.2) is 48.6 Å². The lowest BCUT2D eigenvalue weighted by molar-refractivity contribution is -0.870. The summed E-state index contributed by atoms with van der Waals surface area (Å²) < 4.78 is 35.2. The fourth-order valence-corrected chi connectivity index (χ4v) is 8.29. The van der Waals surface area contributed by atoms with Gasteiger partial charge in [0, 0.05) is 13.0 Å². The lowest BCUT2D eigenvalue weighted by Gasteiger charge is -2.24. The van der Waals surface area contributed by atoms with E-state index in [9.17, 15) is 14.3 Å². The lowest BCUT2D eigenvalue weighted by Crippen LogP contribution is -2.37. The van der Waals surface area contributed by atoms with Crippen molar-refractivity contribution in [1.82, 2.24) is 0 Å². The van der Waals surface area contributed by atoms with Crippen LogP contribution in [0.5, 0.6) is 0 Å². The first-order valence-corrected chi connectivity index (χ1v) is 28.4. The van der Waals surface area contributed by atoms with Gasteiger partial charge < -0.3 is 18.9 Å². The summed E-state index contributed by atoms with van der Waals surface area (Å²) in [5.74, 6) is -0.313. The van der Waals surface area contributed by atoms with Crippen LogP contribution in [0.4, 0.5) is 0 Å². The third kappa shape index (κ3) is 51.4. The number of allylic oxidation sites excluding steroid dienone is 8. The number of hydrogen-bond donors (Lipinski definition) is 1. The highest BCUT2D eigenvalue weighted by atomic mass is 31.2. The van der Waals surface area contributed by atoms with Crippen LogP contribution in [0.3, 0.4) is 0 Å².